The summed E-state index contributed by atoms with van der Waals surface area (Å²) in [4.78, 5) is 4.97. The van der Waals surface area contributed by atoms with Gasteiger partial charge in [0.1, 0.15) is 0 Å². The number of piperidine rings is 1. The SMILES string of the molecule is Cc1cccc2c1C1=CC=CC(C3CCNCC3)C1=N2. The standard InChI is InChI=1S/C18H20N2/c1-12-4-2-7-16-17(12)15-6-3-5-14(18(15)20-16)13-8-10-19-11-9-13/h2-7,13-14,19H,8-11H2,1H3. The summed E-state index contributed by atoms with van der Waals surface area (Å²) in [7, 11) is 0. The highest BCUT2D eigenvalue weighted by atomic mass is 14.9. The topological polar surface area (TPSA) is 24.4 Å². The van der Waals surface area contributed by atoms with Crippen molar-refractivity contribution in [3.8, 4) is 0 Å². The molecule has 3 aliphatic rings. The van der Waals surface area contributed by atoms with Gasteiger partial charge in [-0.1, -0.05) is 30.4 Å². The second kappa shape index (κ2) is 4.71. The first kappa shape index (κ1) is 12.1. The number of fused-ring (bicyclic) bond motifs is 3. The molecule has 2 heterocycles. The summed E-state index contributed by atoms with van der Waals surface area (Å²) in [6, 6.07) is 6.45. The summed E-state index contributed by atoms with van der Waals surface area (Å²) in [6.07, 6.45) is 9.37. The highest BCUT2D eigenvalue weighted by molar-refractivity contribution is 6.31. The monoisotopic (exact) mass is 264 g/mol. The molecule has 2 nitrogen and oxygen atoms in total. The fourth-order valence-electron chi connectivity index (χ4n) is 3.78. The molecular weight excluding hydrogens is 244 g/mol. The van der Waals surface area contributed by atoms with Crippen molar-refractivity contribution in [2.45, 2.75) is 19.8 Å². The fourth-order valence-corrected chi connectivity index (χ4v) is 3.78. The molecule has 2 aliphatic heterocycles. The minimum Gasteiger partial charge on any atom is -0.317 e. The maximum atomic E-state index is 4.97. The zero-order chi connectivity index (χ0) is 13.5. The van der Waals surface area contributed by atoms with Crippen LogP contribution in [0.25, 0.3) is 5.57 Å². The molecule has 1 aromatic carbocycles. The molecule has 20 heavy (non-hydrogen) atoms. The van der Waals surface area contributed by atoms with Gasteiger partial charge in [0.25, 0.3) is 0 Å². The van der Waals surface area contributed by atoms with Crippen LogP contribution >= 0.6 is 0 Å². The molecule has 1 saturated heterocycles. The molecule has 0 radical (unpaired) electrons. The van der Waals surface area contributed by atoms with Crippen LogP contribution in [-0.4, -0.2) is 18.8 Å². The van der Waals surface area contributed by atoms with E-state index in [1.807, 2.05) is 0 Å². The second-order valence-corrected chi connectivity index (χ2v) is 6.04. The van der Waals surface area contributed by atoms with Crippen molar-refractivity contribution in [3.05, 3.63) is 47.6 Å². The normalized spacial score (nSPS) is 24.9. The fraction of sp³-hybridized carbons (Fsp3) is 0.389. The minimum absolute atomic E-state index is 0.504. The van der Waals surface area contributed by atoms with Crippen LogP contribution < -0.4 is 5.32 Å². The molecule has 0 spiro atoms. The zero-order valence-corrected chi connectivity index (χ0v) is 11.9. The largest absolute Gasteiger partial charge is 0.317 e. The molecule has 0 saturated carbocycles. The van der Waals surface area contributed by atoms with E-state index >= 15 is 0 Å². The maximum Gasteiger partial charge on any atom is 0.0715 e. The first-order chi connectivity index (χ1) is 9.84. The average Bonchev–Trinajstić information content (AvgIpc) is 2.88. The smallest absolute Gasteiger partial charge is 0.0715 e. The Morgan fingerprint density at radius 1 is 1.20 bits per heavy atom. The van der Waals surface area contributed by atoms with E-state index in [2.05, 4.69) is 48.7 Å². The van der Waals surface area contributed by atoms with E-state index in [0.29, 0.717) is 5.92 Å². The van der Waals surface area contributed by atoms with Crippen LogP contribution in [0.1, 0.15) is 24.0 Å². The predicted octanol–water partition coefficient (Wildman–Crippen LogP) is 3.65. The van der Waals surface area contributed by atoms with Crippen LogP contribution in [0.5, 0.6) is 0 Å². The number of aryl methyl sites for hydroxylation is 1. The number of allylic oxidation sites excluding steroid dienone is 4. The lowest BCUT2D eigenvalue weighted by Gasteiger charge is -2.30. The molecule has 1 atom stereocenters. The third-order valence-corrected chi connectivity index (χ3v) is 4.83. The van der Waals surface area contributed by atoms with E-state index in [1.54, 1.807) is 0 Å². The number of aliphatic imine (C=N–C) groups is 1. The number of hydrogen-bond donors (Lipinski definition) is 1. The van der Waals surface area contributed by atoms with Gasteiger partial charge in [0, 0.05) is 17.1 Å². The molecule has 1 N–H and O–H groups in total. The van der Waals surface area contributed by atoms with Crippen LogP contribution in [0.15, 0.2) is 41.4 Å². The number of hydrogen-bond acceptors (Lipinski definition) is 2. The van der Waals surface area contributed by atoms with Gasteiger partial charge in [0.2, 0.25) is 0 Å². The Bertz CT molecular complexity index is 631. The van der Waals surface area contributed by atoms with Gasteiger partial charge in [0.15, 0.2) is 0 Å². The molecule has 102 valence electrons. The molecule has 0 bridgehead atoms. The van der Waals surface area contributed by atoms with Gasteiger partial charge in [-0.05, 0) is 50.4 Å². The maximum absolute atomic E-state index is 4.97. The van der Waals surface area contributed by atoms with Crippen LogP contribution in [-0.2, 0) is 0 Å². The lowest BCUT2D eigenvalue weighted by molar-refractivity contribution is 0.344. The van der Waals surface area contributed by atoms with Crippen LogP contribution in [0, 0.1) is 18.8 Å². The summed E-state index contributed by atoms with van der Waals surface area (Å²) in [5.74, 6) is 1.24. The third kappa shape index (κ3) is 1.79. The van der Waals surface area contributed by atoms with Gasteiger partial charge in [-0.2, -0.15) is 0 Å². The molecule has 1 aromatic rings. The van der Waals surface area contributed by atoms with Gasteiger partial charge in [0.05, 0.1) is 11.4 Å². The Hall–Kier alpha value is -1.67. The summed E-state index contributed by atoms with van der Waals surface area (Å²) >= 11 is 0. The highest BCUT2D eigenvalue weighted by Crippen LogP contribution is 2.43. The Balaban J connectivity index is 1.74. The molecule has 0 amide bonds. The highest BCUT2D eigenvalue weighted by Gasteiger charge is 2.33. The summed E-state index contributed by atoms with van der Waals surface area (Å²) in [5.41, 5.74) is 6.53. The Morgan fingerprint density at radius 3 is 2.90 bits per heavy atom. The lowest BCUT2D eigenvalue weighted by Crippen LogP contribution is -2.34. The zero-order valence-electron chi connectivity index (χ0n) is 11.9. The summed E-state index contributed by atoms with van der Waals surface area (Å²) in [6.45, 7) is 4.48. The van der Waals surface area contributed by atoms with Crippen LogP contribution in [0.3, 0.4) is 0 Å². The number of nitrogens with one attached hydrogen (secondary N) is 1. The first-order valence-electron chi connectivity index (χ1n) is 7.63. The molecule has 2 heteroatoms. The number of rotatable bonds is 1. The van der Waals surface area contributed by atoms with E-state index < -0.39 is 0 Å². The van der Waals surface area contributed by atoms with Crippen molar-refractivity contribution in [1.29, 1.82) is 0 Å². The van der Waals surface area contributed by atoms with Crippen LogP contribution in [0.2, 0.25) is 0 Å². The Morgan fingerprint density at radius 2 is 2.05 bits per heavy atom. The predicted molar refractivity (Wildman–Crippen MR) is 84.5 cm³/mol. The van der Waals surface area contributed by atoms with E-state index in [0.717, 1.165) is 24.7 Å². The summed E-state index contributed by atoms with van der Waals surface area (Å²) in [5, 5.41) is 3.46. The van der Waals surface area contributed by atoms with Crippen molar-refractivity contribution in [1.82, 2.24) is 5.32 Å². The first-order valence-corrected chi connectivity index (χ1v) is 7.63. The molecule has 1 aliphatic carbocycles. The van der Waals surface area contributed by atoms with Crippen molar-refractivity contribution in [3.63, 3.8) is 0 Å². The molecule has 1 fully saturated rings. The van der Waals surface area contributed by atoms with Crippen molar-refractivity contribution >= 4 is 17.0 Å². The van der Waals surface area contributed by atoms with Crippen molar-refractivity contribution in [2.75, 3.05) is 13.1 Å². The molecular formula is C18H20N2. The third-order valence-electron chi connectivity index (χ3n) is 4.83. The van der Waals surface area contributed by atoms with Gasteiger partial charge in [-0.3, -0.25) is 4.99 Å². The lowest BCUT2D eigenvalue weighted by atomic mass is 9.77. The van der Waals surface area contributed by atoms with E-state index in [4.69, 9.17) is 4.99 Å². The van der Waals surface area contributed by atoms with Gasteiger partial charge < -0.3 is 5.32 Å². The molecule has 1 unspecified atom stereocenters. The van der Waals surface area contributed by atoms with Crippen LogP contribution in [0.4, 0.5) is 5.69 Å². The van der Waals surface area contributed by atoms with E-state index in [1.165, 1.54) is 35.3 Å². The summed E-state index contributed by atoms with van der Waals surface area (Å²) < 4.78 is 0. The number of benzene rings is 1. The molecule has 4 rings (SSSR count). The van der Waals surface area contributed by atoms with Gasteiger partial charge in [-0.25, -0.2) is 0 Å². The molecule has 0 aromatic heterocycles. The Labute approximate surface area is 120 Å². The van der Waals surface area contributed by atoms with E-state index in [9.17, 15) is 0 Å². The van der Waals surface area contributed by atoms with Gasteiger partial charge >= 0.3 is 0 Å². The quantitative estimate of drug-likeness (QED) is 0.822. The minimum atomic E-state index is 0.504. The van der Waals surface area contributed by atoms with E-state index in [-0.39, 0.29) is 0 Å². The average molecular weight is 264 g/mol. The van der Waals surface area contributed by atoms with Crippen molar-refractivity contribution < 1.29 is 0 Å². The number of nitrogens with zero attached hydrogens (tertiary/aromatic N) is 1. The second-order valence-electron chi connectivity index (χ2n) is 6.04. The van der Waals surface area contributed by atoms with Crippen molar-refractivity contribution in [2.24, 2.45) is 16.8 Å². The van der Waals surface area contributed by atoms with Gasteiger partial charge in [-0.15, -0.1) is 0 Å². The Kier molecular flexibility index (Phi) is 2.85.